The third kappa shape index (κ3) is 5.04. The van der Waals surface area contributed by atoms with Crippen LogP contribution in [-0.2, 0) is 11.3 Å². The summed E-state index contributed by atoms with van der Waals surface area (Å²) in [5.74, 6) is 1.70. The first-order valence-electron chi connectivity index (χ1n) is 5.21. The van der Waals surface area contributed by atoms with Crippen molar-refractivity contribution in [2.75, 3.05) is 18.9 Å². The smallest absolute Gasteiger partial charge is 0.119 e. The van der Waals surface area contributed by atoms with Crippen molar-refractivity contribution in [3.63, 3.8) is 0 Å². The normalized spacial score (nSPS) is 14.4. The van der Waals surface area contributed by atoms with Gasteiger partial charge in [0.1, 0.15) is 5.75 Å². The van der Waals surface area contributed by atoms with Gasteiger partial charge in [-0.05, 0) is 17.7 Å². The fraction of sp³-hybridized carbons (Fsp3) is 0.500. The van der Waals surface area contributed by atoms with Crippen LogP contribution >= 0.6 is 39.1 Å². The first-order chi connectivity index (χ1) is 8.21. The third-order valence-corrected chi connectivity index (χ3v) is 4.22. The number of hydrogen-bond donors (Lipinski definition) is 0. The number of ether oxygens (including phenoxy) is 2. The van der Waals surface area contributed by atoms with Crippen LogP contribution in [0.1, 0.15) is 5.56 Å². The molecule has 0 aromatic heterocycles. The molecule has 0 aliphatic rings. The lowest BCUT2D eigenvalue weighted by Crippen LogP contribution is -2.27. The van der Waals surface area contributed by atoms with Crippen molar-refractivity contribution in [2.45, 2.75) is 17.5 Å². The molecular weight excluding hydrogens is 327 g/mol. The Hall–Kier alpha value is 0.0400. The van der Waals surface area contributed by atoms with Gasteiger partial charge in [-0.2, -0.15) is 0 Å². The van der Waals surface area contributed by atoms with E-state index in [4.69, 9.17) is 32.7 Å². The van der Waals surface area contributed by atoms with Crippen molar-refractivity contribution in [3.05, 3.63) is 29.8 Å². The zero-order chi connectivity index (χ0) is 12.7. The highest BCUT2D eigenvalue weighted by Gasteiger charge is 2.17. The van der Waals surface area contributed by atoms with Gasteiger partial charge in [-0.3, -0.25) is 0 Å². The number of hydrogen-bond acceptors (Lipinski definition) is 2. The van der Waals surface area contributed by atoms with Crippen LogP contribution in [0.4, 0.5) is 0 Å². The van der Waals surface area contributed by atoms with Crippen molar-refractivity contribution in [2.24, 2.45) is 0 Å². The molecule has 1 aromatic rings. The number of methoxy groups -OCH3 is 1. The molecule has 0 heterocycles. The third-order valence-electron chi connectivity index (χ3n) is 2.30. The summed E-state index contributed by atoms with van der Waals surface area (Å²) in [7, 11) is 1.64. The zero-order valence-corrected chi connectivity index (χ0v) is 12.6. The van der Waals surface area contributed by atoms with E-state index >= 15 is 0 Å². The quantitative estimate of drug-likeness (QED) is 0.702. The molecule has 17 heavy (non-hydrogen) atoms. The topological polar surface area (TPSA) is 18.5 Å². The van der Waals surface area contributed by atoms with Crippen molar-refractivity contribution in [1.82, 2.24) is 0 Å². The minimum absolute atomic E-state index is 0.0623. The fourth-order valence-corrected chi connectivity index (χ4v) is 2.37. The molecule has 1 aromatic carbocycles. The Morgan fingerprint density at radius 1 is 1.29 bits per heavy atom. The molecular formula is C12H15BrCl2O2. The summed E-state index contributed by atoms with van der Waals surface area (Å²) >= 11 is 15.0. The second-order valence-electron chi connectivity index (χ2n) is 3.53. The maximum absolute atomic E-state index is 5.83. The largest absolute Gasteiger partial charge is 0.497 e. The molecule has 0 saturated carbocycles. The molecule has 0 bridgehead atoms. The van der Waals surface area contributed by atoms with Crippen LogP contribution in [0.25, 0.3) is 0 Å². The molecule has 2 unspecified atom stereocenters. The Labute approximate surface area is 120 Å². The van der Waals surface area contributed by atoms with Gasteiger partial charge in [-0.1, -0.05) is 28.1 Å². The molecule has 0 aliphatic heterocycles. The SMILES string of the molecule is COc1cccc(COC(CCl)C(Br)CCl)c1. The van der Waals surface area contributed by atoms with E-state index in [9.17, 15) is 0 Å². The molecule has 5 heteroatoms. The molecule has 0 spiro atoms. The Bertz CT molecular complexity index is 336. The van der Waals surface area contributed by atoms with Gasteiger partial charge in [0.2, 0.25) is 0 Å². The van der Waals surface area contributed by atoms with Gasteiger partial charge >= 0.3 is 0 Å². The molecule has 2 atom stereocenters. The molecule has 0 aliphatic carbocycles. The van der Waals surface area contributed by atoms with Crippen LogP contribution in [-0.4, -0.2) is 29.8 Å². The number of alkyl halides is 3. The molecule has 0 amide bonds. The minimum atomic E-state index is -0.0969. The van der Waals surface area contributed by atoms with Crippen molar-refractivity contribution in [1.29, 1.82) is 0 Å². The van der Waals surface area contributed by atoms with Crippen molar-refractivity contribution in [3.8, 4) is 5.75 Å². The summed E-state index contributed by atoms with van der Waals surface area (Å²) in [5, 5.41) is 0. The minimum Gasteiger partial charge on any atom is -0.497 e. The highest BCUT2D eigenvalue weighted by molar-refractivity contribution is 9.09. The Morgan fingerprint density at radius 3 is 2.65 bits per heavy atom. The van der Waals surface area contributed by atoms with Gasteiger partial charge in [-0.25, -0.2) is 0 Å². The summed E-state index contributed by atoms with van der Waals surface area (Å²) < 4.78 is 10.9. The highest BCUT2D eigenvalue weighted by atomic mass is 79.9. The van der Waals surface area contributed by atoms with E-state index < -0.39 is 0 Å². The van der Waals surface area contributed by atoms with Crippen LogP contribution in [0.3, 0.4) is 0 Å². The molecule has 96 valence electrons. The van der Waals surface area contributed by atoms with Gasteiger partial charge in [-0.15, -0.1) is 23.2 Å². The van der Waals surface area contributed by atoms with Crippen molar-refractivity contribution >= 4 is 39.1 Å². The second kappa shape index (κ2) is 8.20. The van der Waals surface area contributed by atoms with Crippen LogP contribution in [0.2, 0.25) is 0 Å². The first kappa shape index (κ1) is 15.1. The molecule has 2 nitrogen and oxygen atoms in total. The average Bonchev–Trinajstić information content (AvgIpc) is 2.39. The summed E-state index contributed by atoms with van der Waals surface area (Å²) in [6, 6.07) is 7.75. The van der Waals surface area contributed by atoms with Gasteiger partial charge < -0.3 is 9.47 Å². The average molecular weight is 342 g/mol. The summed E-state index contributed by atoms with van der Waals surface area (Å²) in [4.78, 5) is 0.0623. The van der Waals surface area contributed by atoms with Crippen molar-refractivity contribution < 1.29 is 9.47 Å². The van der Waals surface area contributed by atoms with Crippen LogP contribution in [0.5, 0.6) is 5.75 Å². The maximum Gasteiger partial charge on any atom is 0.119 e. The highest BCUT2D eigenvalue weighted by Crippen LogP contribution is 2.17. The summed E-state index contributed by atoms with van der Waals surface area (Å²) in [6.45, 7) is 0.494. The van der Waals surface area contributed by atoms with Crippen LogP contribution < -0.4 is 4.74 Å². The number of benzene rings is 1. The Morgan fingerprint density at radius 2 is 2.06 bits per heavy atom. The molecule has 1 rings (SSSR count). The summed E-state index contributed by atoms with van der Waals surface area (Å²) in [6.07, 6.45) is -0.0969. The van der Waals surface area contributed by atoms with Gasteiger partial charge in [0, 0.05) is 11.8 Å². The maximum atomic E-state index is 5.83. The first-order valence-corrected chi connectivity index (χ1v) is 7.20. The standard InChI is InChI=1S/C12H15BrCl2O2/c1-16-10-4-2-3-9(5-10)8-17-12(7-15)11(13)6-14/h2-5,11-12H,6-8H2,1H3. The Balaban J connectivity index is 2.53. The second-order valence-corrected chi connectivity index (χ2v) is 5.32. The van der Waals surface area contributed by atoms with E-state index in [0.717, 1.165) is 11.3 Å². The van der Waals surface area contributed by atoms with Gasteiger partial charge in [0.15, 0.2) is 0 Å². The Kier molecular flexibility index (Phi) is 7.28. The van der Waals surface area contributed by atoms with Crippen LogP contribution in [0.15, 0.2) is 24.3 Å². The van der Waals surface area contributed by atoms with E-state index in [-0.39, 0.29) is 10.9 Å². The monoisotopic (exact) mass is 340 g/mol. The predicted molar refractivity (Wildman–Crippen MR) is 75.7 cm³/mol. The van der Waals surface area contributed by atoms with E-state index in [1.54, 1.807) is 7.11 Å². The van der Waals surface area contributed by atoms with E-state index in [1.165, 1.54) is 0 Å². The van der Waals surface area contributed by atoms with E-state index in [0.29, 0.717) is 18.4 Å². The van der Waals surface area contributed by atoms with Crippen LogP contribution in [0, 0.1) is 0 Å². The lowest BCUT2D eigenvalue weighted by atomic mass is 10.2. The predicted octanol–water partition coefficient (Wildman–Crippen LogP) is 3.82. The van der Waals surface area contributed by atoms with Gasteiger partial charge in [0.05, 0.1) is 24.6 Å². The molecule has 0 saturated heterocycles. The van der Waals surface area contributed by atoms with E-state index in [2.05, 4.69) is 15.9 Å². The fourth-order valence-electron chi connectivity index (χ4n) is 1.31. The number of rotatable bonds is 7. The summed E-state index contributed by atoms with van der Waals surface area (Å²) in [5.41, 5.74) is 1.05. The van der Waals surface area contributed by atoms with Gasteiger partial charge in [0.25, 0.3) is 0 Å². The zero-order valence-electron chi connectivity index (χ0n) is 9.54. The van der Waals surface area contributed by atoms with E-state index in [1.807, 2.05) is 24.3 Å². The lowest BCUT2D eigenvalue weighted by Gasteiger charge is -2.19. The lowest BCUT2D eigenvalue weighted by molar-refractivity contribution is 0.0583. The molecule has 0 fully saturated rings. The molecule has 0 radical (unpaired) electrons. The molecule has 0 N–H and O–H groups in total. The number of halogens is 3.